The molecule has 1 N–H and O–H groups in total. The van der Waals surface area contributed by atoms with Gasteiger partial charge in [0, 0.05) is 50.2 Å². The van der Waals surface area contributed by atoms with Crippen LogP contribution in [0.4, 0.5) is 10.5 Å². The number of carbonyl (C=O) groups is 1. The predicted octanol–water partition coefficient (Wildman–Crippen LogP) is 5.61. The van der Waals surface area contributed by atoms with Gasteiger partial charge in [-0.3, -0.25) is 4.90 Å². The number of fused-ring (bicyclic) bond motifs is 1. The predicted molar refractivity (Wildman–Crippen MR) is 147 cm³/mol. The third-order valence-corrected chi connectivity index (χ3v) is 6.95. The fourth-order valence-electron chi connectivity index (χ4n) is 4.16. The number of hydrogen-bond acceptors (Lipinski definition) is 7. The molecule has 198 valence electrons. The molecule has 0 radical (unpaired) electrons. The van der Waals surface area contributed by atoms with Gasteiger partial charge in [0.15, 0.2) is 0 Å². The number of pyridine rings is 1. The molecule has 0 saturated carbocycles. The Balaban J connectivity index is 1.16. The van der Waals surface area contributed by atoms with E-state index in [0.29, 0.717) is 29.1 Å². The molecule has 1 aromatic heterocycles. The van der Waals surface area contributed by atoms with Crippen molar-refractivity contribution in [3.8, 4) is 11.6 Å². The fourth-order valence-corrected chi connectivity index (χ4v) is 4.58. The number of nitrogens with one attached hydrogen (secondary N) is 1. The van der Waals surface area contributed by atoms with E-state index in [2.05, 4.69) is 20.1 Å². The van der Waals surface area contributed by atoms with E-state index in [1.165, 1.54) is 0 Å². The summed E-state index contributed by atoms with van der Waals surface area (Å²) in [5.74, 6) is 1.15. The molecule has 1 fully saturated rings. The molecule has 8 nitrogen and oxygen atoms in total. The summed E-state index contributed by atoms with van der Waals surface area (Å²) >= 11 is 12.6. The summed E-state index contributed by atoms with van der Waals surface area (Å²) in [4.78, 5) is 20.6. The van der Waals surface area contributed by atoms with Crippen LogP contribution in [-0.2, 0) is 4.74 Å². The molecule has 0 bridgehead atoms. The van der Waals surface area contributed by atoms with Gasteiger partial charge in [-0.2, -0.15) is 0 Å². The van der Waals surface area contributed by atoms with Crippen LogP contribution in [0.5, 0.6) is 11.6 Å². The van der Waals surface area contributed by atoms with Crippen LogP contribution in [0.3, 0.4) is 0 Å². The molecule has 2 heterocycles. The number of carbonyl (C=O) groups excluding carboxylic acids is 1. The van der Waals surface area contributed by atoms with Crippen molar-refractivity contribution < 1.29 is 19.0 Å². The van der Waals surface area contributed by atoms with Crippen LogP contribution in [0.2, 0.25) is 10.0 Å². The zero-order valence-corrected chi connectivity index (χ0v) is 22.4. The molecule has 0 atom stereocenters. The van der Waals surface area contributed by atoms with Gasteiger partial charge in [-0.05, 0) is 56.6 Å². The normalized spacial score (nSPS) is 14.0. The van der Waals surface area contributed by atoms with E-state index in [-0.39, 0.29) is 6.79 Å². The van der Waals surface area contributed by atoms with Crippen molar-refractivity contribution in [3.63, 3.8) is 0 Å². The Hall–Kier alpha value is -2.94. The van der Waals surface area contributed by atoms with Crippen LogP contribution in [0.1, 0.15) is 19.8 Å². The fraction of sp³-hybridized carbons (Fsp3) is 0.407. The smallest absolute Gasteiger partial charge is 0.410 e. The molecule has 0 spiro atoms. The largest absolute Gasteiger partial charge is 0.494 e. The first-order valence-corrected chi connectivity index (χ1v) is 13.3. The number of nitrogens with zero attached hydrogens (tertiary/aromatic N) is 3. The zero-order valence-electron chi connectivity index (χ0n) is 20.9. The molecule has 3 aromatic rings. The minimum Gasteiger partial charge on any atom is -0.494 e. The van der Waals surface area contributed by atoms with Crippen LogP contribution >= 0.6 is 23.2 Å². The Morgan fingerprint density at radius 2 is 1.84 bits per heavy atom. The lowest BCUT2D eigenvalue weighted by Crippen LogP contribution is -2.46. The quantitative estimate of drug-likeness (QED) is 0.247. The molecule has 10 heteroatoms. The van der Waals surface area contributed by atoms with Gasteiger partial charge in [-0.25, -0.2) is 9.78 Å². The third-order valence-electron chi connectivity index (χ3n) is 6.14. The highest BCUT2D eigenvalue weighted by atomic mass is 35.5. The number of aromatic nitrogens is 1. The number of hydrogen-bond donors (Lipinski definition) is 1. The molecule has 4 rings (SSSR count). The van der Waals surface area contributed by atoms with E-state index in [0.717, 1.165) is 67.9 Å². The first-order valence-electron chi connectivity index (χ1n) is 12.5. The number of ether oxygens (including phenoxy) is 3. The summed E-state index contributed by atoms with van der Waals surface area (Å²) in [6, 6.07) is 15.3. The standard InChI is InChI=1S/C27H32Cl2N4O4/c1-2-30-27(34)37-19-36-25-11-9-20-8-10-21(18-23(20)31-25)35-17-4-3-12-32-13-15-33(16-14-32)24-7-5-6-22(28)26(24)29/h5-11,18H,2-4,12-17,19H2,1H3,(H,30,34). The lowest BCUT2D eigenvalue weighted by atomic mass is 10.2. The number of amides is 1. The summed E-state index contributed by atoms with van der Waals surface area (Å²) in [7, 11) is 0. The minimum absolute atomic E-state index is 0.204. The average Bonchev–Trinajstić information content (AvgIpc) is 2.90. The Morgan fingerprint density at radius 3 is 2.65 bits per heavy atom. The van der Waals surface area contributed by atoms with E-state index in [1.807, 2.05) is 49.4 Å². The van der Waals surface area contributed by atoms with E-state index < -0.39 is 6.09 Å². The van der Waals surface area contributed by atoms with E-state index >= 15 is 0 Å². The summed E-state index contributed by atoms with van der Waals surface area (Å²) in [5, 5.41) is 4.74. The van der Waals surface area contributed by atoms with E-state index in [1.54, 1.807) is 6.07 Å². The molecule has 2 aromatic carbocycles. The van der Waals surface area contributed by atoms with Crippen molar-refractivity contribution in [2.75, 3.05) is 57.6 Å². The molecular weight excluding hydrogens is 515 g/mol. The Kier molecular flexibility index (Phi) is 9.93. The first-order chi connectivity index (χ1) is 18.0. The molecule has 0 aliphatic carbocycles. The molecule has 1 aliphatic rings. The van der Waals surface area contributed by atoms with Gasteiger partial charge in [-0.1, -0.05) is 29.3 Å². The van der Waals surface area contributed by atoms with Crippen molar-refractivity contribution in [1.82, 2.24) is 15.2 Å². The van der Waals surface area contributed by atoms with Crippen LogP contribution in [-0.4, -0.2) is 68.6 Å². The van der Waals surface area contributed by atoms with Gasteiger partial charge in [0.2, 0.25) is 12.7 Å². The first kappa shape index (κ1) is 27.1. The van der Waals surface area contributed by atoms with Crippen LogP contribution < -0.4 is 19.7 Å². The number of rotatable bonds is 11. The van der Waals surface area contributed by atoms with Gasteiger partial charge in [-0.15, -0.1) is 0 Å². The lowest BCUT2D eigenvalue weighted by molar-refractivity contribution is 0.0574. The summed E-state index contributed by atoms with van der Waals surface area (Å²) in [5.41, 5.74) is 1.77. The second-order valence-electron chi connectivity index (χ2n) is 8.69. The molecule has 1 amide bonds. The van der Waals surface area contributed by atoms with Crippen molar-refractivity contribution in [1.29, 1.82) is 0 Å². The zero-order chi connectivity index (χ0) is 26.0. The van der Waals surface area contributed by atoms with E-state index in [4.69, 9.17) is 37.4 Å². The maximum atomic E-state index is 11.4. The van der Waals surface area contributed by atoms with Crippen LogP contribution in [0, 0.1) is 0 Å². The molecule has 37 heavy (non-hydrogen) atoms. The second kappa shape index (κ2) is 13.6. The van der Waals surface area contributed by atoms with Crippen molar-refractivity contribution in [3.05, 3.63) is 58.6 Å². The highest BCUT2D eigenvalue weighted by molar-refractivity contribution is 6.43. The SMILES string of the molecule is CCNC(=O)OCOc1ccc2ccc(OCCCCN3CCN(c4cccc(Cl)c4Cl)CC3)cc2n1. The molecule has 1 saturated heterocycles. The highest BCUT2D eigenvalue weighted by Crippen LogP contribution is 2.33. The van der Waals surface area contributed by atoms with Gasteiger partial charge in [0.1, 0.15) is 5.75 Å². The maximum absolute atomic E-state index is 11.4. The van der Waals surface area contributed by atoms with Crippen LogP contribution in [0.15, 0.2) is 48.5 Å². The Labute approximate surface area is 227 Å². The van der Waals surface area contributed by atoms with Crippen molar-refractivity contribution in [2.24, 2.45) is 0 Å². The minimum atomic E-state index is -0.524. The summed E-state index contributed by atoms with van der Waals surface area (Å²) in [6.45, 7) is 7.65. The Morgan fingerprint density at radius 1 is 1.03 bits per heavy atom. The number of piperazine rings is 1. The Bertz CT molecular complexity index is 1190. The van der Waals surface area contributed by atoms with Crippen LogP contribution in [0.25, 0.3) is 10.9 Å². The average molecular weight is 547 g/mol. The summed E-state index contributed by atoms with van der Waals surface area (Å²) in [6.07, 6.45) is 1.50. The monoisotopic (exact) mass is 546 g/mol. The third kappa shape index (κ3) is 7.77. The van der Waals surface area contributed by atoms with Crippen molar-refractivity contribution in [2.45, 2.75) is 19.8 Å². The number of anilines is 1. The number of alkyl carbamates (subject to hydrolysis) is 1. The highest BCUT2D eigenvalue weighted by Gasteiger charge is 2.19. The maximum Gasteiger partial charge on any atom is 0.410 e. The topological polar surface area (TPSA) is 76.2 Å². The summed E-state index contributed by atoms with van der Waals surface area (Å²) < 4.78 is 16.3. The number of halogens is 2. The molecule has 0 unspecified atom stereocenters. The molecule has 1 aliphatic heterocycles. The van der Waals surface area contributed by atoms with Crippen molar-refractivity contribution >= 4 is 45.9 Å². The number of unbranched alkanes of at least 4 members (excludes halogenated alkanes) is 1. The second-order valence-corrected chi connectivity index (χ2v) is 9.47. The van der Waals surface area contributed by atoms with E-state index in [9.17, 15) is 4.79 Å². The lowest BCUT2D eigenvalue weighted by Gasteiger charge is -2.36. The van der Waals surface area contributed by atoms with Gasteiger partial charge < -0.3 is 24.4 Å². The van der Waals surface area contributed by atoms with Gasteiger partial charge in [0.05, 0.1) is 27.9 Å². The molecular formula is C27H32Cl2N4O4. The number of benzene rings is 2. The van der Waals surface area contributed by atoms with Gasteiger partial charge >= 0.3 is 6.09 Å². The van der Waals surface area contributed by atoms with Gasteiger partial charge in [0.25, 0.3) is 0 Å².